The van der Waals surface area contributed by atoms with Crippen molar-refractivity contribution in [3.63, 3.8) is 0 Å². The summed E-state index contributed by atoms with van der Waals surface area (Å²) in [5, 5.41) is 14.7. The van der Waals surface area contributed by atoms with Gasteiger partial charge in [-0.3, -0.25) is 14.4 Å². The normalized spacial score (nSPS) is 23.0. The lowest BCUT2D eigenvalue weighted by Gasteiger charge is -2.28. The number of amides is 3. The van der Waals surface area contributed by atoms with Gasteiger partial charge in [0.2, 0.25) is 17.7 Å². The number of hydrogen-bond donors (Lipinski definition) is 3. The van der Waals surface area contributed by atoms with Crippen LogP contribution in [-0.4, -0.2) is 58.4 Å². The van der Waals surface area contributed by atoms with Crippen LogP contribution < -0.4 is 10.6 Å². The van der Waals surface area contributed by atoms with Crippen LogP contribution in [0.25, 0.3) is 0 Å². The molecule has 1 aromatic carbocycles. The van der Waals surface area contributed by atoms with Crippen molar-refractivity contribution in [2.45, 2.75) is 50.2 Å². The molecule has 2 fully saturated rings. The second-order valence-corrected chi connectivity index (χ2v) is 6.94. The SMILES string of the molecule is O=C1CC[C@@H](C(=O)N[C@@H](Cc2ccccc2)C(=O)N2CCC[C@H]2C(=O)O)N1. The Labute approximate surface area is 156 Å². The van der Waals surface area contributed by atoms with Crippen LogP contribution in [0, 0.1) is 0 Å². The third kappa shape index (κ3) is 4.45. The van der Waals surface area contributed by atoms with Gasteiger partial charge in [0.05, 0.1) is 0 Å². The zero-order valence-corrected chi connectivity index (χ0v) is 14.9. The van der Waals surface area contributed by atoms with E-state index in [0.717, 1.165) is 5.56 Å². The Morgan fingerprint density at radius 1 is 1.22 bits per heavy atom. The van der Waals surface area contributed by atoms with Gasteiger partial charge in [0, 0.05) is 19.4 Å². The fourth-order valence-corrected chi connectivity index (χ4v) is 3.62. The van der Waals surface area contributed by atoms with Crippen molar-refractivity contribution in [3.05, 3.63) is 35.9 Å². The lowest BCUT2D eigenvalue weighted by Crippen LogP contribution is -2.55. The highest BCUT2D eigenvalue weighted by Crippen LogP contribution is 2.20. The molecule has 2 aliphatic heterocycles. The second kappa shape index (κ2) is 8.20. The number of carbonyl (C=O) groups excluding carboxylic acids is 3. The van der Waals surface area contributed by atoms with E-state index in [4.69, 9.17) is 0 Å². The fourth-order valence-electron chi connectivity index (χ4n) is 3.62. The van der Waals surface area contributed by atoms with Crippen LogP contribution in [0.15, 0.2) is 30.3 Å². The van der Waals surface area contributed by atoms with Crippen LogP contribution in [0.1, 0.15) is 31.2 Å². The first-order valence-corrected chi connectivity index (χ1v) is 9.12. The van der Waals surface area contributed by atoms with Crippen LogP contribution >= 0.6 is 0 Å². The number of aliphatic carboxylic acids is 1. The van der Waals surface area contributed by atoms with Gasteiger partial charge in [-0.2, -0.15) is 0 Å². The Kier molecular flexibility index (Phi) is 5.73. The number of nitrogens with one attached hydrogen (secondary N) is 2. The van der Waals surface area contributed by atoms with Gasteiger partial charge in [-0.1, -0.05) is 30.3 Å². The van der Waals surface area contributed by atoms with Gasteiger partial charge in [0.15, 0.2) is 0 Å². The Hall–Kier alpha value is -2.90. The van der Waals surface area contributed by atoms with Gasteiger partial charge in [0.1, 0.15) is 18.1 Å². The van der Waals surface area contributed by atoms with E-state index < -0.39 is 35.9 Å². The van der Waals surface area contributed by atoms with Crippen LogP contribution in [0.4, 0.5) is 0 Å². The van der Waals surface area contributed by atoms with Crippen LogP contribution in [0.2, 0.25) is 0 Å². The van der Waals surface area contributed by atoms with Crippen LogP contribution in [-0.2, 0) is 25.6 Å². The molecule has 2 saturated heterocycles. The molecule has 8 nitrogen and oxygen atoms in total. The molecule has 0 radical (unpaired) electrons. The monoisotopic (exact) mass is 373 g/mol. The molecule has 0 aromatic heterocycles. The van der Waals surface area contributed by atoms with Gasteiger partial charge >= 0.3 is 5.97 Å². The van der Waals surface area contributed by atoms with E-state index in [9.17, 15) is 24.3 Å². The highest BCUT2D eigenvalue weighted by molar-refractivity contribution is 5.95. The van der Waals surface area contributed by atoms with Crippen molar-refractivity contribution in [3.8, 4) is 0 Å². The number of carbonyl (C=O) groups is 4. The zero-order chi connectivity index (χ0) is 19.4. The topological polar surface area (TPSA) is 116 Å². The Balaban J connectivity index is 1.76. The predicted octanol–water partition coefficient (Wildman–Crippen LogP) is 0.0681. The minimum absolute atomic E-state index is 0.188. The molecule has 0 aliphatic carbocycles. The summed E-state index contributed by atoms with van der Waals surface area (Å²) < 4.78 is 0. The molecule has 27 heavy (non-hydrogen) atoms. The molecule has 2 aliphatic rings. The standard InChI is InChI=1S/C19H23N3O5/c23-16-9-8-13(20-16)17(24)21-14(11-12-5-2-1-3-6-12)18(25)22-10-4-7-15(22)19(26)27/h1-3,5-6,13-15H,4,7-11H2,(H,20,23)(H,21,24)(H,26,27)/t13-,14-,15-/m0/s1. The molecule has 2 heterocycles. The van der Waals surface area contributed by atoms with E-state index in [1.165, 1.54) is 4.90 Å². The predicted molar refractivity (Wildman–Crippen MR) is 95.6 cm³/mol. The largest absolute Gasteiger partial charge is 0.480 e. The number of carboxylic acid groups (broad SMARTS) is 1. The number of nitrogens with zero attached hydrogens (tertiary/aromatic N) is 1. The number of rotatable bonds is 6. The van der Waals surface area contributed by atoms with Crippen molar-refractivity contribution in [2.24, 2.45) is 0 Å². The maximum absolute atomic E-state index is 13.0. The van der Waals surface area contributed by atoms with Crippen molar-refractivity contribution in [1.82, 2.24) is 15.5 Å². The first kappa shape index (κ1) is 18.9. The molecule has 3 atom stereocenters. The number of hydrogen-bond acceptors (Lipinski definition) is 4. The van der Waals surface area contributed by atoms with Crippen molar-refractivity contribution in [2.75, 3.05) is 6.54 Å². The lowest BCUT2D eigenvalue weighted by molar-refractivity contribution is -0.149. The van der Waals surface area contributed by atoms with Gasteiger partial charge in [-0.05, 0) is 24.8 Å². The molecule has 3 N–H and O–H groups in total. The average Bonchev–Trinajstić information content (AvgIpc) is 3.30. The molecule has 0 spiro atoms. The van der Waals surface area contributed by atoms with Gasteiger partial charge in [-0.15, -0.1) is 0 Å². The van der Waals surface area contributed by atoms with Crippen LogP contribution in [0.5, 0.6) is 0 Å². The van der Waals surface area contributed by atoms with E-state index in [1.807, 2.05) is 30.3 Å². The Morgan fingerprint density at radius 2 is 1.96 bits per heavy atom. The fraction of sp³-hybridized carbons (Fsp3) is 0.474. The molecular weight excluding hydrogens is 350 g/mol. The summed E-state index contributed by atoms with van der Waals surface area (Å²) in [6.45, 7) is 0.358. The minimum Gasteiger partial charge on any atom is -0.480 e. The van der Waals surface area contributed by atoms with E-state index >= 15 is 0 Å². The molecule has 0 unspecified atom stereocenters. The van der Waals surface area contributed by atoms with Crippen LogP contribution in [0.3, 0.4) is 0 Å². The van der Waals surface area contributed by atoms with Gasteiger partial charge < -0.3 is 20.6 Å². The van der Waals surface area contributed by atoms with E-state index in [-0.39, 0.29) is 18.7 Å². The Bertz CT molecular complexity index is 736. The van der Waals surface area contributed by atoms with Crippen molar-refractivity contribution >= 4 is 23.7 Å². The number of likely N-dealkylation sites (tertiary alicyclic amines) is 1. The average molecular weight is 373 g/mol. The third-order valence-electron chi connectivity index (χ3n) is 5.03. The molecule has 0 bridgehead atoms. The van der Waals surface area contributed by atoms with E-state index in [2.05, 4.69) is 10.6 Å². The number of carboxylic acids is 1. The number of benzene rings is 1. The molecule has 144 valence electrons. The molecular formula is C19H23N3O5. The highest BCUT2D eigenvalue weighted by atomic mass is 16.4. The molecule has 3 rings (SSSR count). The molecule has 3 amide bonds. The summed E-state index contributed by atoms with van der Waals surface area (Å²) >= 11 is 0. The quantitative estimate of drug-likeness (QED) is 0.653. The second-order valence-electron chi connectivity index (χ2n) is 6.94. The summed E-state index contributed by atoms with van der Waals surface area (Å²) in [6.07, 6.45) is 1.95. The molecule has 8 heteroatoms. The smallest absolute Gasteiger partial charge is 0.326 e. The third-order valence-corrected chi connectivity index (χ3v) is 5.03. The van der Waals surface area contributed by atoms with Gasteiger partial charge in [0.25, 0.3) is 0 Å². The maximum atomic E-state index is 13.0. The van der Waals surface area contributed by atoms with Crippen molar-refractivity contribution < 1.29 is 24.3 Å². The maximum Gasteiger partial charge on any atom is 0.326 e. The Morgan fingerprint density at radius 3 is 2.59 bits per heavy atom. The minimum atomic E-state index is -1.03. The van der Waals surface area contributed by atoms with E-state index in [1.54, 1.807) is 0 Å². The molecule has 1 aromatic rings. The summed E-state index contributed by atoms with van der Waals surface area (Å²) in [7, 11) is 0. The summed E-state index contributed by atoms with van der Waals surface area (Å²) in [5.41, 5.74) is 0.859. The lowest BCUT2D eigenvalue weighted by atomic mass is 10.0. The first-order chi connectivity index (χ1) is 13.0. The van der Waals surface area contributed by atoms with E-state index in [0.29, 0.717) is 25.8 Å². The first-order valence-electron chi connectivity index (χ1n) is 9.12. The van der Waals surface area contributed by atoms with Crippen molar-refractivity contribution in [1.29, 1.82) is 0 Å². The zero-order valence-electron chi connectivity index (χ0n) is 14.9. The summed E-state index contributed by atoms with van der Waals surface area (Å²) in [4.78, 5) is 49.7. The highest BCUT2D eigenvalue weighted by Gasteiger charge is 2.38. The molecule has 0 saturated carbocycles. The van der Waals surface area contributed by atoms with Gasteiger partial charge in [-0.25, -0.2) is 4.79 Å². The summed E-state index contributed by atoms with van der Waals surface area (Å²) in [6, 6.07) is 6.84. The summed E-state index contributed by atoms with van der Waals surface area (Å²) in [5.74, 6) is -2.04.